The molecule has 0 unspecified atom stereocenters. The predicted molar refractivity (Wildman–Crippen MR) is 51.9 cm³/mol. The smallest absolute Gasteiger partial charge is 0.335 e. The van der Waals surface area contributed by atoms with E-state index in [0.29, 0.717) is 24.6 Å². The van der Waals surface area contributed by atoms with Crippen molar-refractivity contribution in [2.24, 2.45) is 10.9 Å². The first-order valence-corrected chi connectivity index (χ1v) is 4.57. The van der Waals surface area contributed by atoms with Gasteiger partial charge < -0.3 is 4.74 Å². The zero-order valence-corrected chi connectivity index (χ0v) is 8.33. The molecule has 72 valence electrons. The first-order chi connectivity index (χ1) is 6.15. The van der Waals surface area contributed by atoms with E-state index in [-0.39, 0.29) is 5.97 Å². The first-order valence-electron chi connectivity index (χ1n) is 4.57. The van der Waals surface area contributed by atoms with Crippen LogP contribution in [0.15, 0.2) is 16.6 Å². The van der Waals surface area contributed by atoms with E-state index in [9.17, 15) is 4.79 Å². The van der Waals surface area contributed by atoms with Gasteiger partial charge in [-0.3, -0.25) is 4.99 Å². The van der Waals surface area contributed by atoms with E-state index in [2.05, 4.69) is 18.8 Å². The maximum Gasteiger partial charge on any atom is 0.335 e. The van der Waals surface area contributed by atoms with Crippen molar-refractivity contribution in [1.29, 1.82) is 0 Å². The third kappa shape index (κ3) is 2.41. The molecule has 3 heteroatoms. The van der Waals surface area contributed by atoms with Crippen molar-refractivity contribution in [1.82, 2.24) is 0 Å². The van der Waals surface area contributed by atoms with E-state index in [1.807, 2.05) is 6.08 Å². The Morgan fingerprint density at radius 1 is 1.69 bits per heavy atom. The van der Waals surface area contributed by atoms with Crippen molar-refractivity contribution < 1.29 is 9.53 Å². The lowest BCUT2D eigenvalue weighted by Gasteiger charge is -2.00. The van der Waals surface area contributed by atoms with E-state index in [0.717, 1.165) is 5.71 Å². The number of ether oxygens (including phenoxy) is 1. The molecule has 0 saturated carbocycles. The summed E-state index contributed by atoms with van der Waals surface area (Å²) in [4.78, 5) is 15.5. The van der Waals surface area contributed by atoms with Crippen LogP contribution in [0.1, 0.15) is 20.8 Å². The summed E-state index contributed by atoms with van der Waals surface area (Å²) < 4.78 is 4.87. The van der Waals surface area contributed by atoms with Gasteiger partial charge in [-0.2, -0.15) is 0 Å². The molecule has 1 aliphatic rings. The quantitative estimate of drug-likeness (QED) is 0.620. The van der Waals surface area contributed by atoms with Crippen LogP contribution in [-0.2, 0) is 9.53 Å². The molecule has 0 aromatic heterocycles. The molecular weight excluding hydrogens is 166 g/mol. The van der Waals surface area contributed by atoms with Crippen LogP contribution in [0.3, 0.4) is 0 Å². The van der Waals surface area contributed by atoms with Crippen molar-refractivity contribution in [2.75, 3.05) is 13.2 Å². The van der Waals surface area contributed by atoms with E-state index >= 15 is 0 Å². The Kier molecular flexibility index (Phi) is 3.23. The second-order valence-corrected chi connectivity index (χ2v) is 3.29. The topological polar surface area (TPSA) is 38.7 Å². The molecule has 0 fully saturated rings. The van der Waals surface area contributed by atoms with Gasteiger partial charge in [0.05, 0.1) is 18.7 Å². The van der Waals surface area contributed by atoms with Crippen LogP contribution in [0.5, 0.6) is 0 Å². The fourth-order valence-electron chi connectivity index (χ4n) is 1.14. The summed E-state index contributed by atoms with van der Waals surface area (Å²) in [5, 5.41) is 0. The monoisotopic (exact) mass is 181 g/mol. The number of hydrogen-bond acceptors (Lipinski definition) is 3. The number of hydrogen-bond donors (Lipinski definition) is 0. The Bertz CT molecular complexity index is 264. The van der Waals surface area contributed by atoms with Crippen molar-refractivity contribution >= 4 is 11.7 Å². The zero-order chi connectivity index (χ0) is 9.84. The van der Waals surface area contributed by atoms with Gasteiger partial charge in [0.1, 0.15) is 0 Å². The fraction of sp³-hybridized carbons (Fsp3) is 0.600. The van der Waals surface area contributed by atoms with Crippen LogP contribution < -0.4 is 0 Å². The number of nitrogens with zero attached hydrogens (tertiary/aromatic N) is 1. The average molecular weight is 181 g/mol. The summed E-state index contributed by atoms with van der Waals surface area (Å²) in [5.41, 5.74) is 1.66. The van der Waals surface area contributed by atoms with Gasteiger partial charge in [-0.25, -0.2) is 4.79 Å². The Balaban J connectivity index is 2.59. The molecule has 0 atom stereocenters. The third-order valence-corrected chi connectivity index (χ3v) is 1.88. The summed E-state index contributed by atoms with van der Waals surface area (Å²) >= 11 is 0. The molecule has 3 nitrogen and oxygen atoms in total. The Morgan fingerprint density at radius 3 is 2.85 bits per heavy atom. The molecule has 0 saturated heterocycles. The molecule has 0 bridgehead atoms. The summed E-state index contributed by atoms with van der Waals surface area (Å²) in [5.74, 6) is 0.147. The van der Waals surface area contributed by atoms with Gasteiger partial charge in [0.2, 0.25) is 0 Å². The number of carbonyl (C=O) groups excluding carboxylic acids is 1. The van der Waals surface area contributed by atoms with Gasteiger partial charge in [0.25, 0.3) is 0 Å². The molecule has 1 rings (SSSR count). The Labute approximate surface area is 78.5 Å². The lowest BCUT2D eigenvalue weighted by molar-refractivity contribution is -0.138. The number of rotatable bonds is 3. The van der Waals surface area contributed by atoms with E-state index in [1.54, 1.807) is 6.92 Å². The van der Waals surface area contributed by atoms with Gasteiger partial charge >= 0.3 is 5.97 Å². The molecule has 0 amide bonds. The van der Waals surface area contributed by atoms with Gasteiger partial charge in [-0.15, -0.1) is 0 Å². The summed E-state index contributed by atoms with van der Waals surface area (Å²) in [6.07, 6.45) is 1.84. The first kappa shape index (κ1) is 9.96. The highest BCUT2D eigenvalue weighted by Gasteiger charge is 2.17. The minimum atomic E-state index is -0.234. The highest BCUT2D eigenvalue weighted by Crippen LogP contribution is 2.12. The molecule has 0 radical (unpaired) electrons. The molecule has 0 N–H and O–H groups in total. The van der Waals surface area contributed by atoms with Gasteiger partial charge in [-0.1, -0.05) is 13.8 Å². The second-order valence-electron chi connectivity index (χ2n) is 3.29. The van der Waals surface area contributed by atoms with Gasteiger partial charge in [-0.05, 0) is 18.9 Å². The number of allylic oxidation sites excluding steroid dienone is 1. The second kappa shape index (κ2) is 4.21. The van der Waals surface area contributed by atoms with Crippen LogP contribution in [0.25, 0.3) is 0 Å². The Morgan fingerprint density at radius 2 is 2.38 bits per heavy atom. The van der Waals surface area contributed by atoms with Crippen LogP contribution in [0.4, 0.5) is 0 Å². The van der Waals surface area contributed by atoms with E-state index < -0.39 is 0 Å². The summed E-state index contributed by atoms with van der Waals surface area (Å²) in [7, 11) is 0. The predicted octanol–water partition coefficient (Wildman–Crippen LogP) is 1.59. The fourth-order valence-corrected chi connectivity index (χ4v) is 1.14. The van der Waals surface area contributed by atoms with Crippen molar-refractivity contribution in [3.63, 3.8) is 0 Å². The van der Waals surface area contributed by atoms with Crippen molar-refractivity contribution in [3.05, 3.63) is 11.6 Å². The average Bonchev–Trinajstić information content (AvgIpc) is 2.52. The minimum Gasteiger partial charge on any atom is -0.463 e. The normalized spacial score (nSPS) is 15.7. The lowest BCUT2D eigenvalue weighted by Crippen LogP contribution is -2.08. The summed E-state index contributed by atoms with van der Waals surface area (Å²) in [6.45, 7) is 6.82. The van der Waals surface area contributed by atoms with E-state index in [4.69, 9.17) is 4.74 Å². The largest absolute Gasteiger partial charge is 0.463 e. The van der Waals surface area contributed by atoms with E-state index in [1.165, 1.54) is 0 Å². The highest BCUT2D eigenvalue weighted by atomic mass is 16.5. The van der Waals surface area contributed by atoms with Gasteiger partial charge in [0, 0.05) is 5.71 Å². The molecule has 0 aromatic carbocycles. The van der Waals surface area contributed by atoms with Crippen LogP contribution in [0.2, 0.25) is 0 Å². The van der Waals surface area contributed by atoms with Crippen LogP contribution in [0, 0.1) is 5.92 Å². The zero-order valence-electron chi connectivity index (χ0n) is 8.33. The standard InChI is InChI=1S/C10H15NO2/c1-4-13-10(12)8-5-9(7(2)3)11-6-8/h5,7H,4,6H2,1-3H3. The highest BCUT2D eigenvalue weighted by molar-refractivity contribution is 6.06. The molecule has 0 aromatic rings. The third-order valence-electron chi connectivity index (χ3n) is 1.88. The maximum atomic E-state index is 11.2. The minimum absolute atomic E-state index is 0.234. The van der Waals surface area contributed by atoms with Crippen LogP contribution >= 0.6 is 0 Å². The SMILES string of the molecule is CCOC(=O)C1=CC(C(C)C)=NC1. The summed E-state index contributed by atoms with van der Waals surface area (Å²) in [6, 6.07) is 0. The molecule has 0 aliphatic carbocycles. The molecule has 0 spiro atoms. The Hall–Kier alpha value is -1.12. The lowest BCUT2D eigenvalue weighted by atomic mass is 10.1. The number of aliphatic imine (C=N–C) groups is 1. The molecule has 13 heavy (non-hydrogen) atoms. The van der Waals surface area contributed by atoms with Crippen molar-refractivity contribution in [2.45, 2.75) is 20.8 Å². The maximum absolute atomic E-state index is 11.2. The number of esters is 1. The van der Waals surface area contributed by atoms with Crippen LogP contribution in [-0.4, -0.2) is 24.8 Å². The van der Waals surface area contributed by atoms with Gasteiger partial charge in [0.15, 0.2) is 0 Å². The molecule has 1 heterocycles. The number of carbonyl (C=O) groups is 1. The molecule has 1 aliphatic heterocycles. The molecular formula is C10H15NO2. The van der Waals surface area contributed by atoms with Crippen molar-refractivity contribution in [3.8, 4) is 0 Å².